The number of benzene rings is 2. The van der Waals surface area contributed by atoms with Crippen LogP contribution in [0.2, 0.25) is 0 Å². The second-order valence-corrected chi connectivity index (χ2v) is 3.93. The molecule has 0 aliphatic carbocycles. The molecule has 2 aromatic rings. The van der Waals surface area contributed by atoms with Crippen molar-refractivity contribution in [3.05, 3.63) is 46.9 Å². The molecule has 2 rings (SSSR count). The van der Waals surface area contributed by atoms with Crippen molar-refractivity contribution in [1.82, 2.24) is 0 Å². The van der Waals surface area contributed by atoms with Crippen LogP contribution in [0, 0.1) is 0 Å². The van der Waals surface area contributed by atoms with Crippen molar-refractivity contribution in [2.24, 2.45) is 0 Å². The van der Waals surface area contributed by atoms with Gasteiger partial charge < -0.3 is 5.11 Å². The first-order chi connectivity index (χ1) is 6.72. The Balaban J connectivity index is 2.86. The van der Waals surface area contributed by atoms with Gasteiger partial charge in [-0.1, -0.05) is 40.7 Å². The lowest BCUT2D eigenvalue weighted by Crippen LogP contribution is -1.78. The quantitative estimate of drug-likeness (QED) is 0.811. The molecule has 14 heavy (non-hydrogen) atoms. The fourth-order valence-corrected chi connectivity index (χ4v) is 1.90. The van der Waals surface area contributed by atoms with Crippen LogP contribution in [-0.2, 0) is 0 Å². The van der Waals surface area contributed by atoms with Crippen LogP contribution in [0.3, 0.4) is 0 Å². The minimum atomic E-state index is 0.304. The second kappa shape index (κ2) is 3.46. The number of aromatic hydroxyl groups is 1. The molecule has 0 unspecified atom stereocenters. The summed E-state index contributed by atoms with van der Waals surface area (Å²) in [7, 11) is 0. The van der Waals surface area contributed by atoms with Crippen LogP contribution in [0.5, 0.6) is 5.75 Å². The van der Waals surface area contributed by atoms with Gasteiger partial charge >= 0.3 is 0 Å². The number of fused-ring (bicyclic) bond motifs is 1. The molecule has 0 saturated carbocycles. The van der Waals surface area contributed by atoms with Crippen LogP contribution < -0.4 is 0 Å². The molecule has 0 heterocycles. The molecule has 0 radical (unpaired) electrons. The highest BCUT2D eigenvalue weighted by atomic mass is 79.9. The Bertz CT molecular complexity index is 503. The Morgan fingerprint density at radius 2 is 1.93 bits per heavy atom. The molecular weight excluding hydrogens is 240 g/mol. The van der Waals surface area contributed by atoms with Gasteiger partial charge in [-0.05, 0) is 23.8 Å². The van der Waals surface area contributed by atoms with Gasteiger partial charge in [-0.3, -0.25) is 0 Å². The van der Waals surface area contributed by atoms with E-state index >= 15 is 0 Å². The van der Waals surface area contributed by atoms with Crippen LogP contribution >= 0.6 is 15.9 Å². The fourth-order valence-electron chi connectivity index (χ4n) is 1.44. The minimum Gasteiger partial charge on any atom is -0.507 e. The van der Waals surface area contributed by atoms with Gasteiger partial charge in [-0.25, -0.2) is 0 Å². The molecule has 0 bridgehead atoms. The van der Waals surface area contributed by atoms with Crippen molar-refractivity contribution in [2.45, 2.75) is 0 Å². The molecule has 0 aliphatic rings. The molecule has 1 nitrogen and oxygen atoms in total. The summed E-state index contributed by atoms with van der Waals surface area (Å²) in [5.41, 5.74) is 1.05. The average molecular weight is 249 g/mol. The number of halogens is 1. The van der Waals surface area contributed by atoms with Crippen LogP contribution in [0.25, 0.3) is 16.8 Å². The number of phenols is 1. The van der Waals surface area contributed by atoms with Gasteiger partial charge in [0.15, 0.2) is 0 Å². The molecule has 0 amide bonds. The highest BCUT2D eigenvalue weighted by molar-refractivity contribution is 9.10. The summed E-state index contributed by atoms with van der Waals surface area (Å²) in [4.78, 5) is 0. The number of phenolic OH excluding ortho intramolecular Hbond substituents is 1. The van der Waals surface area contributed by atoms with Crippen molar-refractivity contribution in [2.75, 3.05) is 0 Å². The maximum atomic E-state index is 9.61. The standard InChI is InChI=1S/C12H9BrO/c1-2-8-3-4-9-10(7-8)11(13)5-6-12(9)14/h2-7,14H,1H2. The van der Waals surface area contributed by atoms with E-state index in [9.17, 15) is 5.11 Å². The maximum absolute atomic E-state index is 9.61. The third-order valence-corrected chi connectivity index (χ3v) is 2.89. The molecule has 2 heteroatoms. The molecule has 0 saturated heterocycles. The first-order valence-electron chi connectivity index (χ1n) is 4.26. The summed E-state index contributed by atoms with van der Waals surface area (Å²) < 4.78 is 0.981. The first-order valence-corrected chi connectivity index (χ1v) is 5.05. The SMILES string of the molecule is C=Cc1ccc2c(O)ccc(Br)c2c1. The van der Waals surface area contributed by atoms with E-state index in [0.717, 1.165) is 20.8 Å². The summed E-state index contributed by atoms with van der Waals surface area (Å²) in [6.07, 6.45) is 1.79. The molecule has 0 atom stereocenters. The highest BCUT2D eigenvalue weighted by Crippen LogP contribution is 2.31. The average Bonchev–Trinajstić information content (AvgIpc) is 2.23. The zero-order chi connectivity index (χ0) is 10.1. The first kappa shape index (κ1) is 9.28. The minimum absolute atomic E-state index is 0.304. The van der Waals surface area contributed by atoms with E-state index in [1.807, 2.05) is 24.3 Å². The molecule has 0 spiro atoms. The highest BCUT2D eigenvalue weighted by Gasteiger charge is 2.03. The third-order valence-electron chi connectivity index (χ3n) is 2.20. The lowest BCUT2D eigenvalue weighted by molar-refractivity contribution is 0.481. The lowest BCUT2D eigenvalue weighted by Gasteiger charge is -2.04. The Kier molecular flexibility index (Phi) is 2.30. The van der Waals surface area contributed by atoms with E-state index in [-0.39, 0.29) is 0 Å². The van der Waals surface area contributed by atoms with Crippen LogP contribution in [0.1, 0.15) is 5.56 Å². The maximum Gasteiger partial charge on any atom is 0.123 e. The summed E-state index contributed by atoms with van der Waals surface area (Å²) in [5.74, 6) is 0.304. The normalized spacial score (nSPS) is 10.4. The lowest BCUT2D eigenvalue weighted by atomic mass is 10.1. The van der Waals surface area contributed by atoms with Crippen LogP contribution in [0.4, 0.5) is 0 Å². The topological polar surface area (TPSA) is 20.2 Å². The van der Waals surface area contributed by atoms with Gasteiger partial charge in [-0.15, -0.1) is 0 Å². The largest absolute Gasteiger partial charge is 0.507 e. The number of rotatable bonds is 1. The number of hydrogen-bond acceptors (Lipinski definition) is 1. The molecule has 1 N–H and O–H groups in total. The van der Waals surface area contributed by atoms with E-state index in [4.69, 9.17) is 0 Å². The molecule has 2 aromatic carbocycles. The van der Waals surface area contributed by atoms with Gasteiger partial charge in [0.25, 0.3) is 0 Å². The van der Waals surface area contributed by atoms with E-state index < -0.39 is 0 Å². The predicted molar refractivity (Wildman–Crippen MR) is 63.4 cm³/mol. The Morgan fingerprint density at radius 1 is 1.14 bits per heavy atom. The summed E-state index contributed by atoms with van der Waals surface area (Å²) >= 11 is 3.45. The van der Waals surface area contributed by atoms with Crippen molar-refractivity contribution in [3.63, 3.8) is 0 Å². The number of hydrogen-bond donors (Lipinski definition) is 1. The zero-order valence-corrected chi connectivity index (χ0v) is 9.08. The Hall–Kier alpha value is -1.28. The van der Waals surface area contributed by atoms with Gasteiger partial charge in [-0.2, -0.15) is 0 Å². The van der Waals surface area contributed by atoms with Crippen molar-refractivity contribution >= 4 is 32.8 Å². The molecule has 0 fully saturated rings. The molecular formula is C12H9BrO. The smallest absolute Gasteiger partial charge is 0.123 e. The van der Waals surface area contributed by atoms with E-state index in [1.165, 1.54) is 0 Å². The van der Waals surface area contributed by atoms with Gasteiger partial charge in [0, 0.05) is 15.2 Å². The molecule has 70 valence electrons. The monoisotopic (exact) mass is 248 g/mol. The molecule has 0 aromatic heterocycles. The van der Waals surface area contributed by atoms with Gasteiger partial charge in [0.1, 0.15) is 5.75 Å². The zero-order valence-electron chi connectivity index (χ0n) is 7.50. The Morgan fingerprint density at radius 3 is 2.64 bits per heavy atom. The van der Waals surface area contributed by atoms with E-state index in [0.29, 0.717) is 5.75 Å². The summed E-state index contributed by atoms with van der Waals surface area (Å²) in [6.45, 7) is 3.71. The molecule has 0 aliphatic heterocycles. The van der Waals surface area contributed by atoms with Crippen molar-refractivity contribution in [3.8, 4) is 5.75 Å². The van der Waals surface area contributed by atoms with E-state index in [2.05, 4.69) is 22.5 Å². The van der Waals surface area contributed by atoms with Crippen LogP contribution in [-0.4, -0.2) is 5.11 Å². The second-order valence-electron chi connectivity index (χ2n) is 3.08. The summed E-state index contributed by atoms with van der Waals surface area (Å²) in [5, 5.41) is 11.5. The van der Waals surface area contributed by atoms with Crippen molar-refractivity contribution in [1.29, 1.82) is 0 Å². The van der Waals surface area contributed by atoms with Crippen molar-refractivity contribution < 1.29 is 5.11 Å². The van der Waals surface area contributed by atoms with E-state index in [1.54, 1.807) is 12.1 Å². The fraction of sp³-hybridized carbons (Fsp3) is 0. The van der Waals surface area contributed by atoms with Gasteiger partial charge in [0.05, 0.1) is 0 Å². The van der Waals surface area contributed by atoms with Gasteiger partial charge in [0.2, 0.25) is 0 Å². The predicted octanol–water partition coefficient (Wildman–Crippen LogP) is 3.95. The van der Waals surface area contributed by atoms with Crippen LogP contribution in [0.15, 0.2) is 41.4 Å². The summed E-state index contributed by atoms with van der Waals surface area (Å²) in [6, 6.07) is 9.34. The Labute approximate surface area is 90.8 Å². The third kappa shape index (κ3) is 1.42.